The average molecular weight is 655 g/mol. The van der Waals surface area contributed by atoms with Crippen molar-refractivity contribution in [1.82, 2.24) is 19.5 Å². The molecule has 0 amide bonds. The molecule has 4 heterocycles. The average Bonchev–Trinajstić information content (AvgIpc) is 3.75. The van der Waals surface area contributed by atoms with Crippen LogP contribution in [0.25, 0.3) is 94.7 Å². The van der Waals surface area contributed by atoms with Crippen LogP contribution in [0.15, 0.2) is 162 Å². The third-order valence-electron chi connectivity index (χ3n) is 9.85. The zero-order valence-corrected chi connectivity index (χ0v) is 27.1. The molecule has 6 heteroatoms. The number of fused-ring (bicyclic) bond motifs is 8. The minimum absolute atomic E-state index is 0.562. The van der Waals surface area contributed by atoms with Gasteiger partial charge in [0.1, 0.15) is 11.2 Å². The van der Waals surface area contributed by atoms with Gasteiger partial charge in [0.2, 0.25) is 0 Å². The molecule has 0 unspecified atom stereocenters. The number of hydrogen-bond acceptors (Lipinski definition) is 5. The molecule has 0 spiro atoms. The van der Waals surface area contributed by atoms with Gasteiger partial charge in [-0.3, -0.25) is 0 Å². The molecule has 1 aliphatic rings. The highest BCUT2D eigenvalue weighted by atomic mass is 16.5. The predicted molar refractivity (Wildman–Crippen MR) is 203 cm³/mol. The molecule has 0 saturated heterocycles. The normalized spacial score (nSPS) is 12.1. The minimum Gasteiger partial charge on any atom is -0.455 e. The van der Waals surface area contributed by atoms with Gasteiger partial charge < -0.3 is 13.7 Å². The number of ether oxygens (including phenoxy) is 1. The molecule has 0 bridgehead atoms. The summed E-state index contributed by atoms with van der Waals surface area (Å²) in [5.74, 6) is 3.51. The van der Waals surface area contributed by atoms with Crippen molar-refractivity contribution in [2.24, 2.45) is 0 Å². The van der Waals surface area contributed by atoms with Gasteiger partial charge in [0.15, 0.2) is 29.0 Å². The summed E-state index contributed by atoms with van der Waals surface area (Å²) in [7, 11) is 0. The van der Waals surface area contributed by atoms with Crippen molar-refractivity contribution in [2.45, 2.75) is 0 Å². The third kappa shape index (κ3) is 4.20. The van der Waals surface area contributed by atoms with Crippen LogP contribution in [0.4, 0.5) is 0 Å². The van der Waals surface area contributed by atoms with Crippen molar-refractivity contribution in [1.29, 1.82) is 0 Å². The van der Waals surface area contributed by atoms with E-state index in [4.69, 9.17) is 24.1 Å². The fraction of sp³-hybridized carbons (Fsp3) is 0. The van der Waals surface area contributed by atoms with Gasteiger partial charge in [-0.25, -0.2) is 15.0 Å². The van der Waals surface area contributed by atoms with Crippen molar-refractivity contribution in [2.75, 3.05) is 0 Å². The van der Waals surface area contributed by atoms with Gasteiger partial charge in [-0.2, -0.15) is 0 Å². The van der Waals surface area contributed by atoms with Gasteiger partial charge in [-0.1, -0.05) is 115 Å². The first kappa shape index (κ1) is 27.9. The molecule has 7 aromatic carbocycles. The lowest BCUT2D eigenvalue weighted by atomic mass is 9.97. The number of furan rings is 1. The van der Waals surface area contributed by atoms with Crippen LogP contribution in [0.5, 0.6) is 11.5 Å². The summed E-state index contributed by atoms with van der Waals surface area (Å²) in [6, 6.07) is 53.8. The maximum atomic E-state index is 6.71. The Kier molecular flexibility index (Phi) is 5.86. The van der Waals surface area contributed by atoms with Gasteiger partial charge in [0, 0.05) is 32.7 Å². The molecule has 0 radical (unpaired) electrons. The molecular formula is C45H26N4O2. The highest BCUT2D eigenvalue weighted by Crippen LogP contribution is 2.47. The zero-order chi connectivity index (χ0) is 33.5. The summed E-state index contributed by atoms with van der Waals surface area (Å²) >= 11 is 0. The maximum Gasteiger partial charge on any atom is 0.167 e. The van der Waals surface area contributed by atoms with E-state index < -0.39 is 0 Å². The van der Waals surface area contributed by atoms with Gasteiger partial charge in [0.05, 0.1) is 22.3 Å². The second-order valence-electron chi connectivity index (χ2n) is 12.8. The molecule has 3 aromatic heterocycles. The van der Waals surface area contributed by atoms with Crippen molar-refractivity contribution in [3.05, 3.63) is 158 Å². The standard InChI is InChI=1S/C45H26N4O2/c1-3-12-27(13-4-1)43-46-44(28-14-5-2-6-15-28)48-45(47-43)33-19-9-18-32-40-30(16-10-22-38(40)51-42(32)33)29-24-25-35-34(26-29)31-17-11-23-39-41(31)49(35)36-20-7-8-21-37(36)50-39/h1-26H. The Balaban J connectivity index is 1.12. The maximum absolute atomic E-state index is 6.71. The summed E-state index contributed by atoms with van der Waals surface area (Å²) in [5.41, 5.74) is 9.68. The number of rotatable bonds is 4. The van der Waals surface area contributed by atoms with E-state index in [2.05, 4.69) is 71.3 Å². The first-order valence-corrected chi connectivity index (χ1v) is 16.9. The molecule has 238 valence electrons. The Morgan fingerprint density at radius 1 is 0.451 bits per heavy atom. The highest BCUT2D eigenvalue weighted by Gasteiger charge is 2.24. The Bertz CT molecular complexity index is 2940. The lowest BCUT2D eigenvalue weighted by molar-refractivity contribution is 0.476. The molecule has 0 aliphatic carbocycles. The van der Waals surface area contributed by atoms with E-state index in [-0.39, 0.29) is 0 Å². The van der Waals surface area contributed by atoms with Crippen LogP contribution in [0, 0.1) is 0 Å². The van der Waals surface area contributed by atoms with Crippen molar-refractivity contribution in [3.63, 3.8) is 0 Å². The first-order chi connectivity index (χ1) is 25.3. The lowest BCUT2D eigenvalue weighted by Gasteiger charge is -2.20. The molecule has 10 aromatic rings. The zero-order valence-electron chi connectivity index (χ0n) is 27.1. The number of aromatic nitrogens is 4. The first-order valence-electron chi connectivity index (χ1n) is 16.9. The van der Waals surface area contributed by atoms with Gasteiger partial charge in [-0.05, 0) is 53.6 Å². The van der Waals surface area contributed by atoms with E-state index in [0.29, 0.717) is 17.5 Å². The van der Waals surface area contributed by atoms with Crippen LogP contribution in [-0.4, -0.2) is 19.5 Å². The smallest absolute Gasteiger partial charge is 0.167 e. The number of nitrogens with zero attached hydrogens (tertiary/aromatic N) is 4. The van der Waals surface area contributed by atoms with Crippen molar-refractivity contribution >= 4 is 43.7 Å². The van der Waals surface area contributed by atoms with E-state index >= 15 is 0 Å². The van der Waals surface area contributed by atoms with Gasteiger partial charge >= 0.3 is 0 Å². The molecule has 11 rings (SSSR count). The topological polar surface area (TPSA) is 66.0 Å². The SMILES string of the molecule is c1ccc(-c2nc(-c3ccccc3)nc(-c3cccc4c3oc3cccc(-c5ccc6c(c5)c5cccc7c5n6-c5ccccc5O7)c34)n2)cc1. The fourth-order valence-electron chi connectivity index (χ4n) is 7.58. The quantitative estimate of drug-likeness (QED) is 0.189. The summed E-state index contributed by atoms with van der Waals surface area (Å²) in [6.07, 6.45) is 0. The summed E-state index contributed by atoms with van der Waals surface area (Å²) in [4.78, 5) is 14.9. The summed E-state index contributed by atoms with van der Waals surface area (Å²) in [6.45, 7) is 0. The highest BCUT2D eigenvalue weighted by molar-refractivity contribution is 6.17. The molecule has 0 saturated carbocycles. The molecule has 51 heavy (non-hydrogen) atoms. The number of para-hydroxylation sites is 4. The van der Waals surface area contributed by atoms with Crippen molar-refractivity contribution in [3.8, 4) is 62.5 Å². The Morgan fingerprint density at radius 2 is 1.10 bits per heavy atom. The van der Waals surface area contributed by atoms with Crippen LogP contribution in [0.3, 0.4) is 0 Å². The largest absolute Gasteiger partial charge is 0.455 e. The Morgan fingerprint density at radius 3 is 1.90 bits per heavy atom. The van der Waals surface area contributed by atoms with E-state index in [0.717, 1.165) is 83.4 Å². The molecule has 1 aliphatic heterocycles. The fourth-order valence-corrected chi connectivity index (χ4v) is 7.58. The van der Waals surface area contributed by atoms with Gasteiger partial charge in [0.25, 0.3) is 0 Å². The van der Waals surface area contributed by atoms with E-state index in [1.165, 1.54) is 5.39 Å². The van der Waals surface area contributed by atoms with Crippen LogP contribution in [0.1, 0.15) is 0 Å². The Hall–Kier alpha value is -7.05. The van der Waals surface area contributed by atoms with Crippen LogP contribution in [0.2, 0.25) is 0 Å². The molecule has 6 nitrogen and oxygen atoms in total. The summed E-state index contributed by atoms with van der Waals surface area (Å²) < 4.78 is 15.4. The number of hydrogen-bond donors (Lipinski definition) is 0. The van der Waals surface area contributed by atoms with Crippen LogP contribution >= 0.6 is 0 Å². The van der Waals surface area contributed by atoms with Crippen molar-refractivity contribution < 1.29 is 9.15 Å². The molecule has 0 fully saturated rings. The minimum atomic E-state index is 0.562. The van der Waals surface area contributed by atoms with E-state index in [1.54, 1.807) is 0 Å². The monoisotopic (exact) mass is 654 g/mol. The molecular weight excluding hydrogens is 629 g/mol. The van der Waals surface area contributed by atoms with Crippen LogP contribution in [-0.2, 0) is 0 Å². The van der Waals surface area contributed by atoms with Crippen LogP contribution < -0.4 is 4.74 Å². The molecule has 0 N–H and O–H groups in total. The summed E-state index contributed by atoms with van der Waals surface area (Å²) in [5, 5.41) is 4.38. The lowest BCUT2D eigenvalue weighted by Crippen LogP contribution is -2.03. The van der Waals surface area contributed by atoms with Gasteiger partial charge in [-0.15, -0.1) is 0 Å². The van der Waals surface area contributed by atoms with E-state index in [9.17, 15) is 0 Å². The molecule has 0 atom stereocenters. The third-order valence-corrected chi connectivity index (χ3v) is 9.85. The second kappa shape index (κ2) is 10.7. The Labute approximate surface area is 291 Å². The predicted octanol–water partition coefficient (Wildman–Crippen LogP) is 11.6. The van der Waals surface area contributed by atoms with E-state index in [1.807, 2.05) is 91.0 Å². The number of benzene rings is 7. The second-order valence-corrected chi connectivity index (χ2v) is 12.8.